The summed E-state index contributed by atoms with van der Waals surface area (Å²) in [5, 5.41) is 2.95. The van der Waals surface area contributed by atoms with E-state index >= 15 is 0 Å². The molecule has 0 aromatic heterocycles. The van der Waals surface area contributed by atoms with Crippen molar-refractivity contribution in [1.29, 1.82) is 0 Å². The minimum atomic E-state index is 0.113. The van der Waals surface area contributed by atoms with Crippen LogP contribution in [0.4, 0.5) is 0 Å². The summed E-state index contributed by atoms with van der Waals surface area (Å²) in [6.45, 7) is 1.96. The Hall–Kier alpha value is -0.900. The summed E-state index contributed by atoms with van der Waals surface area (Å²) in [6, 6.07) is 0.439. The van der Waals surface area contributed by atoms with Gasteiger partial charge in [-0.1, -0.05) is 0 Å². The topological polar surface area (TPSA) is 49.4 Å². The van der Waals surface area contributed by atoms with Gasteiger partial charge in [0.2, 0.25) is 5.91 Å². The Kier molecular flexibility index (Phi) is 2.82. The van der Waals surface area contributed by atoms with Gasteiger partial charge in [-0.05, 0) is 12.8 Å². The van der Waals surface area contributed by atoms with E-state index in [4.69, 9.17) is 0 Å². The molecule has 2 rings (SSSR count). The summed E-state index contributed by atoms with van der Waals surface area (Å²) in [6.07, 6.45) is 3.47. The number of Topliss-reactive ketones (excluding diaryl/α,β-unsaturated/α-hetero) is 1. The lowest BCUT2D eigenvalue weighted by Crippen LogP contribution is -2.42. The first-order chi connectivity index (χ1) is 6.74. The summed E-state index contributed by atoms with van der Waals surface area (Å²) < 4.78 is 0. The number of hydrogen-bond donors (Lipinski definition) is 1. The maximum absolute atomic E-state index is 11.4. The normalized spacial score (nSPS) is 23.6. The number of hydrogen-bond acceptors (Lipinski definition) is 3. The number of nitrogens with zero attached hydrogens (tertiary/aromatic N) is 1. The molecule has 2 aliphatic rings. The lowest BCUT2D eigenvalue weighted by molar-refractivity contribution is -0.126. The number of likely N-dealkylation sites (tertiary alicyclic amines) is 1. The van der Waals surface area contributed by atoms with Crippen molar-refractivity contribution in [3.05, 3.63) is 0 Å². The first kappa shape index (κ1) is 9.65. The third-order valence-corrected chi connectivity index (χ3v) is 2.72. The second kappa shape index (κ2) is 4.09. The molecule has 4 heteroatoms. The van der Waals surface area contributed by atoms with E-state index in [0.29, 0.717) is 31.2 Å². The Labute approximate surface area is 83.6 Å². The van der Waals surface area contributed by atoms with Gasteiger partial charge in [0.15, 0.2) is 0 Å². The number of rotatable bonds is 3. The van der Waals surface area contributed by atoms with Crippen LogP contribution in [0.15, 0.2) is 0 Å². The van der Waals surface area contributed by atoms with Gasteiger partial charge >= 0.3 is 0 Å². The van der Waals surface area contributed by atoms with Gasteiger partial charge in [0, 0.05) is 32.0 Å². The molecule has 0 aromatic rings. The Bertz CT molecular complexity index is 239. The van der Waals surface area contributed by atoms with Gasteiger partial charge in [0.25, 0.3) is 0 Å². The fourth-order valence-electron chi connectivity index (χ4n) is 1.66. The van der Waals surface area contributed by atoms with Crippen molar-refractivity contribution in [2.45, 2.75) is 31.7 Å². The molecule has 1 heterocycles. The highest BCUT2D eigenvalue weighted by atomic mass is 16.2. The third kappa shape index (κ3) is 2.80. The molecular formula is C10H16N2O2. The summed E-state index contributed by atoms with van der Waals surface area (Å²) in [5.74, 6) is 0.436. The summed E-state index contributed by atoms with van der Waals surface area (Å²) >= 11 is 0. The van der Waals surface area contributed by atoms with Gasteiger partial charge in [-0.15, -0.1) is 0 Å². The largest absolute Gasteiger partial charge is 0.352 e. The molecule has 4 nitrogen and oxygen atoms in total. The maximum Gasteiger partial charge on any atom is 0.234 e. The number of carbonyl (C=O) groups excluding carboxylic acids is 2. The molecule has 0 radical (unpaired) electrons. The number of amides is 1. The van der Waals surface area contributed by atoms with Crippen LogP contribution in [0.5, 0.6) is 0 Å². The van der Waals surface area contributed by atoms with Gasteiger partial charge in [-0.25, -0.2) is 0 Å². The Balaban J connectivity index is 1.68. The van der Waals surface area contributed by atoms with E-state index in [9.17, 15) is 9.59 Å². The van der Waals surface area contributed by atoms with Gasteiger partial charge in [-0.2, -0.15) is 0 Å². The molecule has 1 amide bonds. The summed E-state index contributed by atoms with van der Waals surface area (Å²) in [5.41, 5.74) is 0. The van der Waals surface area contributed by atoms with Crippen LogP contribution < -0.4 is 5.32 Å². The molecule has 0 atom stereocenters. The Morgan fingerprint density at radius 3 is 2.57 bits per heavy atom. The van der Waals surface area contributed by atoms with E-state index in [-0.39, 0.29) is 5.91 Å². The highest BCUT2D eigenvalue weighted by Gasteiger charge is 2.25. The van der Waals surface area contributed by atoms with Crippen molar-refractivity contribution in [1.82, 2.24) is 10.2 Å². The van der Waals surface area contributed by atoms with E-state index < -0.39 is 0 Å². The summed E-state index contributed by atoms with van der Waals surface area (Å²) in [4.78, 5) is 24.4. The molecule has 0 spiro atoms. The van der Waals surface area contributed by atoms with Gasteiger partial charge in [0.1, 0.15) is 5.78 Å². The number of carbonyl (C=O) groups is 2. The van der Waals surface area contributed by atoms with Crippen molar-refractivity contribution >= 4 is 11.7 Å². The smallest absolute Gasteiger partial charge is 0.234 e. The molecule has 1 aliphatic carbocycles. The van der Waals surface area contributed by atoms with E-state index in [1.165, 1.54) is 0 Å². The van der Waals surface area contributed by atoms with Gasteiger partial charge < -0.3 is 5.32 Å². The highest BCUT2D eigenvalue weighted by molar-refractivity contribution is 5.81. The number of ketones is 1. The van der Waals surface area contributed by atoms with Gasteiger partial charge in [0.05, 0.1) is 6.54 Å². The molecule has 78 valence electrons. The minimum absolute atomic E-state index is 0.113. The molecule has 1 saturated heterocycles. The van der Waals surface area contributed by atoms with Crippen LogP contribution in [0, 0.1) is 0 Å². The van der Waals surface area contributed by atoms with Crippen LogP contribution in [0.1, 0.15) is 25.7 Å². The van der Waals surface area contributed by atoms with Crippen LogP contribution in [0.25, 0.3) is 0 Å². The molecule has 0 aromatic carbocycles. The second-order valence-electron chi connectivity index (χ2n) is 4.16. The molecule has 0 unspecified atom stereocenters. The predicted molar refractivity (Wildman–Crippen MR) is 51.8 cm³/mol. The van der Waals surface area contributed by atoms with Crippen LogP contribution >= 0.6 is 0 Å². The number of piperidine rings is 1. The zero-order chi connectivity index (χ0) is 9.97. The Morgan fingerprint density at radius 1 is 1.36 bits per heavy atom. The van der Waals surface area contributed by atoms with Crippen LogP contribution in [0.3, 0.4) is 0 Å². The lowest BCUT2D eigenvalue weighted by atomic mass is 10.1. The van der Waals surface area contributed by atoms with Crippen molar-refractivity contribution in [2.24, 2.45) is 0 Å². The fraction of sp³-hybridized carbons (Fsp3) is 0.800. The number of nitrogens with one attached hydrogen (secondary N) is 1. The highest BCUT2D eigenvalue weighted by Crippen LogP contribution is 2.18. The first-order valence-electron chi connectivity index (χ1n) is 5.27. The maximum atomic E-state index is 11.4. The average Bonchev–Trinajstić information content (AvgIpc) is 2.93. The first-order valence-corrected chi connectivity index (χ1v) is 5.27. The molecule has 1 aliphatic heterocycles. The molecule has 1 N–H and O–H groups in total. The Morgan fingerprint density at radius 2 is 2.00 bits per heavy atom. The van der Waals surface area contributed by atoms with E-state index in [0.717, 1.165) is 25.9 Å². The third-order valence-electron chi connectivity index (χ3n) is 2.72. The molecule has 0 bridgehead atoms. The SMILES string of the molecule is O=C1CCN(CC(=O)NC2CC2)CC1. The van der Waals surface area contributed by atoms with E-state index in [2.05, 4.69) is 10.2 Å². The van der Waals surface area contributed by atoms with Crippen molar-refractivity contribution < 1.29 is 9.59 Å². The van der Waals surface area contributed by atoms with Gasteiger partial charge in [-0.3, -0.25) is 14.5 Å². The molecule has 1 saturated carbocycles. The van der Waals surface area contributed by atoms with Crippen molar-refractivity contribution in [3.8, 4) is 0 Å². The standard InChI is InChI=1S/C10H16N2O2/c13-9-3-5-12(6-4-9)7-10(14)11-8-1-2-8/h8H,1-7H2,(H,11,14). The van der Waals surface area contributed by atoms with Crippen LogP contribution in [-0.2, 0) is 9.59 Å². The molecular weight excluding hydrogens is 180 g/mol. The van der Waals surface area contributed by atoms with E-state index in [1.54, 1.807) is 0 Å². The van der Waals surface area contributed by atoms with Crippen LogP contribution in [0.2, 0.25) is 0 Å². The molecule has 2 fully saturated rings. The zero-order valence-corrected chi connectivity index (χ0v) is 8.29. The average molecular weight is 196 g/mol. The predicted octanol–water partition coefficient (Wildman–Crippen LogP) is -0.0701. The lowest BCUT2D eigenvalue weighted by Gasteiger charge is -2.24. The summed E-state index contributed by atoms with van der Waals surface area (Å²) in [7, 11) is 0. The molecule has 14 heavy (non-hydrogen) atoms. The quantitative estimate of drug-likeness (QED) is 0.687. The van der Waals surface area contributed by atoms with Crippen molar-refractivity contribution in [2.75, 3.05) is 19.6 Å². The van der Waals surface area contributed by atoms with Crippen molar-refractivity contribution in [3.63, 3.8) is 0 Å². The monoisotopic (exact) mass is 196 g/mol. The van der Waals surface area contributed by atoms with Crippen LogP contribution in [-0.4, -0.2) is 42.3 Å². The minimum Gasteiger partial charge on any atom is -0.352 e. The zero-order valence-electron chi connectivity index (χ0n) is 8.29. The second-order valence-corrected chi connectivity index (χ2v) is 4.16. The fourth-order valence-corrected chi connectivity index (χ4v) is 1.66. The van der Waals surface area contributed by atoms with E-state index in [1.807, 2.05) is 0 Å².